The lowest BCUT2D eigenvalue weighted by Gasteiger charge is -2.29. The summed E-state index contributed by atoms with van der Waals surface area (Å²) < 4.78 is 28.3. The molecule has 0 spiro atoms. The molecule has 2 N–H and O–H groups in total. The monoisotopic (exact) mass is 530 g/mol. The molecular weight excluding hydrogens is 504 g/mol. The topological polar surface area (TPSA) is 107 Å². The number of thiazole rings is 1. The van der Waals surface area contributed by atoms with Crippen LogP contribution < -0.4 is 4.31 Å². The molecule has 1 aliphatic heterocycles. The number of hydrogen-bond acceptors (Lipinski definition) is 7. The predicted octanol–water partition coefficient (Wildman–Crippen LogP) is 4.86. The van der Waals surface area contributed by atoms with Crippen LogP contribution in [0.4, 0.5) is 5.69 Å². The zero-order valence-electron chi connectivity index (χ0n) is 19.2. The van der Waals surface area contributed by atoms with Gasteiger partial charge in [-0.1, -0.05) is 18.2 Å². The number of nitrogens with one attached hydrogen (secondary N) is 1. The average Bonchev–Trinajstić information content (AvgIpc) is 3.60. The van der Waals surface area contributed by atoms with Crippen LogP contribution in [0.2, 0.25) is 0 Å². The van der Waals surface area contributed by atoms with Crippen LogP contribution in [0.1, 0.15) is 24.6 Å². The lowest BCUT2D eigenvalue weighted by molar-refractivity contribution is -0.143. The summed E-state index contributed by atoms with van der Waals surface area (Å²) in [5, 5.41) is 12.7. The number of H-pyrrole nitrogens is 1. The van der Waals surface area contributed by atoms with Gasteiger partial charge in [-0.2, -0.15) is 0 Å². The summed E-state index contributed by atoms with van der Waals surface area (Å²) in [5.41, 5.74) is 2.22. The molecule has 3 aromatic heterocycles. The number of rotatable bonds is 8. The molecule has 5 rings (SSSR count). The van der Waals surface area contributed by atoms with Crippen LogP contribution in [0.5, 0.6) is 0 Å². The van der Waals surface area contributed by atoms with E-state index in [2.05, 4.69) is 14.9 Å². The van der Waals surface area contributed by atoms with Gasteiger partial charge >= 0.3 is 5.97 Å². The van der Waals surface area contributed by atoms with Gasteiger partial charge in [-0.3, -0.25) is 14.0 Å². The first-order chi connectivity index (χ1) is 16.9. The zero-order chi connectivity index (χ0) is 24.6. The molecule has 1 fully saturated rings. The minimum Gasteiger partial charge on any atom is -0.481 e. The molecule has 4 aromatic rings. The average molecular weight is 531 g/mol. The summed E-state index contributed by atoms with van der Waals surface area (Å²) in [5.74, 6) is -0.942. The number of piperidine rings is 1. The van der Waals surface area contributed by atoms with E-state index in [0.29, 0.717) is 29.3 Å². The molecule has 0 amide bonds. The third-order valence-electron chi connectivity index (χ3n) is 6.33. The zero-order valence-corrected chi connectivity index (χ0v) is 21.6. The molecule has 0 radical (unpaired) electrons. The molecule has 4 heterocycles. The summed E-state index contributed by atoms with van der Waals surface area (Å²) in [7, 11) is -3.65. The van der Waals surface area contributed by atoms with E-state index in [4.69, 9.17) is 0 Å². The first-order valence-electron chi connectivity index (χ1n) is 11.4. The van der Waals surface area contributed by atoms with Gasteiger partial charge in [0, 0.05) is 29.5 Å². The van der Waals surface area contributed by atoms with Crippen molar-refractivity contribution in [3.05, 3.63) is 52.9 Å². The van der Waals surface area contributed by atoms with Crippen LogP contribution in [-0.4, -0.2) is 54.0 Å². The van der Waals surface area contributed by atoms with Crippen molar-refractivity contribution in [3.63, 3.8) is 0 Å². The Hall–Kier alpha value is -2.73. The minimum absolute atomic E-state index is 0.241. The van der Waals surface area contributed by atoms with Crippen molar-refractivity contribution < 1.29 is 18.3 Å². The number of carbonyl (C=O) groups is 1. The number of para-hydroxylation sites is 1. The van der Waals surface area contributed by atoms with E-state index < -0.39 is 16.0 Å². The summed E-state index contributed by atoms with van der Waals surface area (Å²) in [4.78, 5) is 22.6. The number of aliphatic carboxylic acids is 1. The van der Waals surface area contributed by atoms with E-state index in [1.54, 1.807) is 28.8 Å². The number of nitrogens with zero attached hydrogens (tertiary/aromatic N) is 3. The maximum absolute atomic E-state index is 13.3. The number of aromatic nitrogens is 2. The maximum atomic E-state index is 13.3. The van der Waals surface area contributed by atoms with Crippen molar-refractivity contribution in [2.24, 2.45) is 5.92 Å². The van der Waals surface area contributed by atoms with Gasteiger partial charge in [0.25, 0.3) is 10.0 Å². The van der Waals surface area contributed by atoms with Crippen LogP contribution in [-0.2, 0) is 21.4 Å². The van der Waals surface area contributed by atoms with Crippen LogP contribution in [0.15, 0.2) is 52.2 Å². The maximum Gasteiger partial charge on any atom is 0.306 e. The molecule has 0 saturated carbocycles. The highest BCUT2D eigenvalue weighted by atomic mass is 32.2. The molecular formula is C24H26N4O4S3. The number of carboxylic acid groups (broad SMARTS) is 1. The Kier molecular flexibility index (Phi) is 6.67. The Labute approximate surface area is 211 Å². The second-order valence-electron chi connectivity index (χ2n) is 8.55. The summed E-state index contributed by atoms with van der Waals surface area (Å²) >= 11 is 2.81. The molecule has 0 aliphatic carbocycles. The quantitative estimate of drug-likeness (QED) is 0.337. The Balaban J connectivity index is 1.39. The molecule has 184 valence electrons. The van der Waals surface area contributed by atoms with Gasteiger partial charge in [-0.05, 0) is 56.4 Å². The Morgan fingerprint density at radius 3 is 2.74 bits per heavy atom. The second-order valence-corrected chi connectivity index (χ2v) is 12.7. The molecule has 1 aromatic carbocycles. The smallest absolute Gasteiger partial charge is 0.306 e. The molecule has 8 nitrogen and oxygen atoms in total. The van der Waals surface area contributed by atoms with Gasteiger partial charge in [0.15, 0.2) is 0 Å². The number of benzene rings is 1. The number of likely N-dealkylation sites (tertiary alicyclic amines) is 1. The lowest BCUT2D eigenvalue weighted by Crippen LogP contribution is -2.35. The van der Waals surface area contributed by atoms with E-state index in [1.807, 2.05) is 37.4 Å². The van der Waals surface area contributed by atoms with Crippen molar-refractivity contribution in [2.75, 3.05) is 23.9 Å². The van der Waals surface area contributed by atoms with Crippen LogP contribution in [0.3, 0.4) is 0 Å². The number of fused-ring (bicyclic) bond motifs is 1. The van der Waals surface area contributed by atoms with Crippen molar-refractivity contribution in [3.8, 4) is 10.7 Å². The summed E-state index contributed by atoms with van der Waals surface area (Å²) in [6, 6.07) is 11.0. The van der Waals surface area contributed by atoms with E-state index in [9.17, 15) is 18.3 Å². The molecule has 0 atom stereocenters. The number of thiophene rings is 1. The largest absolute Gasteiger partial charge is 0.481 e. The molecule has 35 heavy (non-hydrogen) atoms. The van der Waals surface area contributed by atoms with Gasteiger partial charge in [0.05, 0.1) is 22.8 Å². The highest BCUT2D eigenvalue weighted by molar-refractivity contribution is 7.94. The van der Waals surface area contributed by atoms with Gasteiger partial charge in [0.1, 0.15) is 9.22 Å². The predicted molar refractivity (Wildman–Crippen MR) is 140 cm³/mol. The van der Waals surface area contributed by atoms with Crippen LogP contribution in [0.25, 0.3) is 21.6 Å². The van der Waals surface area contributed by atoms with E-state index >= 15 is 0 Å². The normalized spacial score (nSPS) is 15.6. The molecule has 11 heteroatoms. The van der Waals surface area contributed by atoms with E-state index in [-0.39, 0.29) is 5.92 Å². The standard InChI is InChI=1S/C24H26N4O4S3/c1-2-28(35(31,32)21-7-4-12-33-21)20-6-3-5-17-13-19(26-22(17)20)23-25-14-18(34-23)15-27-10-8-16(9-11-27)24(29)30/h3-7,12-14,16,26H,2,8-11,15H2,1H3,(H,29,30). The third kappa shape index (κ3) is 4.73. The Morgan fingerprint density at radius 1 is 1.26 bits per heavy atom. The fourth-order valence-electron chi connectivity index (χ4n) is 4.52. The molecule has 0 unspecified atom stereocenters. The lowest BCUT2D eigenvalue weighted by atomic mass is 9.97. The van der Waals surface area contributed by atoms with E-state index in [1.165, 1.54) is 15.6 Å². The van der Waals surface area contributed by atoms with E-state index in [0.717, 1.165) is 46.1 Å². The van der Waals surface area contributed by atoms with Gasteiger partial charge in [0.2, 0.25) is 0 Å². The van der Waals surface area contributed by atoms with Crippen LogP contribution >= 0.6 is 22.7 Å². The first kappa shape index (κ1) is 24.0. The van der Waals surface area contributed by atoms with Crippen molar-refractivity contribution in [2.45, 2.75) is 30.5 Å². The van der Waals surface area contributed by atoms with Gasteiger partial charge in [-0.25, -0.2) is 13.4 Å². The highest BCUT2D eigenvalue weighted by Gasteiger charge is 2.27. The van der Waals surface area contributed by atoms with Crippen molar-refractivity contribution in [1.82, 2.24) is 14.9 Å². The first-order valence-corrected chi connectivity index (χ1v) is 14.6. The molecule has 0 bridgehead atoms. The van der Waals surface area contributed by atoms with Crippen molar-refractivity contribution in [1.29, 1.82) is 0 Å². The fraction of sp³-hybridized carbons (Fsp3) is 0.333. The molecule has 1 saturated heterocycles. The SMILES string of the molecule is CCN(c1cccc2cc(-c3ncc(CN4CCC(C(=O)O)CC4)s3)[nH]c12)S(=O)(=O)c1cccs1. The highest BCUT2D eigenvalue weighted by Crippen LogP contribution is 2.35. The second kappa shape index (κ2) is 9.73. The van der Waals surface area contributed by atoms with Crippen LogP contribution in [0, 0.1) is 5.92 Å². The molecule has 1 aliphatic rings. The minimum atomic E-state index is -3.65. The number of aromatic amines is 1. The number of sulfonamides is 1. The van der Waals surface area contributed by atoms with Gasteiger partial charge in [-0.15, -0.1) is 22.7 Å². The fourth-order valence-corrected chi connectivity index (χ4v) is 8.03. The van der Waals surface area contributed by atoms with Gasteiger partial charge < -0.3 is 10.1 Å². The number of hydrogen-bond donors (Lipinski definition) is 2. The third-order valence-corrected chi connectivity index (χ3v) is 10.6. The number of carboxylic acids is 1. The van der Waals surface area contributed by atoms with Crippen molar-refractivity contribution >= 4 is 55.3 Å². The number of anilines is 1. The Morgan fingerprint density at radius 2 is 2.06 bits per heavy atom. The summed E-state index contributed by atoms with van der Waals surface area (Å²) in [6.07, 6.45) is 3.22. The Bertz CT molecular complexity index is 1430. The summed E-state index contributed by atoms with van der Waals surface area (Å²) in [6.45, 7) is 4.43.